The maximum Gasteiger partial charge on any atom is 0.258 e. The number of hydrogen-bond donors (Lipinski definition) is 0. The van der Waals surface area contributed by atoms with E-state index in [0.717, 1.165) is 16.1 Å². The molecule has 0 unspecified atom stereocenters. The van der Waals surface area contributed by atoms with Gasteiger partial charge in [-0.25, -0.2) is 4.39 Å². The summed E-state index contributed by atoms with van der Waals surface area (Å²) in [6.07, 6.45) is 0. The maximum atomic E-state index is 13.2. The molecule has 122 valence electrons. The molecule has 1 amide bonds. The Labute approximate surface area is 145 Å². The fraction of sp³-hybridized carbons (Fsp3) is 0.150. The third-order valence-electron chi connectivity index (χ3n) is 4.03. The second-order valence-electron chi connectivity index (χ2n) is 5.75. The standard InChI is InChI=1S/C20H18FNOS/c1-14-5-10-18(12-15(14)2)22(13-19-4-3-11-24-19)20(23)16-6-8-17(21)9-7-16/h3-12H,13H2,1-2H3. The van der Waals surface area contributed by atoms with Crippen molar-refractivity contribution >= 4 is 22.9 Å². The first-order valence-electron chi connectivity index (χ1n) is 7.71. The highest BCUT2D eigenvalue weighted by atomic mass is 32.1. The zero-order chi connectivity index (χ0) is 17.1. The Hall–Kier alpha value is -2.46. The minimum atomic E-state index is -0.345. The fourth-order valence-electron chi connectivity index (χ4n) is 2.48. The van der Waals surface area contributed by atoms with Crippen LogP contribution in [0.25, 0.3) is 0 Å². The predicted molar refractivity (Wildman–Crippen MR) is 97.1 cm³/mol. The van der Waals surface area contributed by atoms with Gasteiger partial charge in [-0.1, -0.05) is 12.1 Å². The quantitative estimate of drug-likeness (QED) is 0.627. The van der Waals surface area contributed by atoms with Gasteiger partial charge in [-0.2, -0.15) is 0 Å². The van der Waals surface area contributed by atoms with Crippen LogP contribution >= 0.6 is 11.3 Å². The highest BCUT2D eigenvalue weighted by Gasteiger charge is 2.19. The second-order valence-corrected chi connectivity index (χ2v) is 6.78. The monoisotopic (exact) mass is 339 g/mol. The number of carbonyl (C=O) groups is 1. The first-order valence-corrected chi connectivity index (χ1v) is 8.59. The third kappa shape index (κ3) is 3.54. The number of thiophene rings is 1. The van der Waals surface area contributed by atoms with Crippen molar-refractivity contribution in [2.75, 3.05) is 4.90 Å². The average Bonchev–Trinajstić information content (AvgIpc) is 3.09. The Bertz CT molecular complexity index is 841. The van der Waals surface area contributed by atoms with Crippen molar-refractivity contribution in [2.24, 2.45) is 0 Å². The van der Waals surface area contributed by atoms with Crippen LogP contribution in [0.5, 0.6) is 0 Å². The number of anilines is 1. The van der Waals surface area contributed by atoms with Crippen LogP contribution in [-0.2, 0) is 6.54 Å². The predicted octanol–water partition coefficient (Wildman–Crippen LogP) is 5.35. The molecular weight excluding hydrogens is 321 g/mol. The fourth-order valence-corrected chi connectivity index (χ4v) is 3.17. The van der Waals surface area contributed by atoms with Gasteiger partial charge in [0.05, 0.1) is 6.54 Å². The van der Waals surface area contributed by atoms with Crippen LogP contribution < -0.4 is 4.90 Å². The molecule has 0 bridgehead atoms. The lowest BCUT2D eigenvalue weighted by atomic mass is 10.1. The molecule has 0 saturated carbocycles. The highest BCUT2D eigenvalue weighted by Crippen LogP contribution is 2.24. The molecule has 3 aromatic rings. The molecule has 0 aliphatic heterocycles. The molecular formula is C20H18FNOS. The minimum Gasteiger partial charge on any atom is -0.303 e. The van der Waals surface area contributed by atoms with Gasteiger partial charge >= 0.3 is 0 Å². The van der Waals surface area contributed by atoms with Gasteiger partial charge in [-0.15, -0.1) is 11.3 Å². The zero-order valence-corrected chi connectivity index (χ0v) is 14.4. The normalized spacial score (nSPS) is 10.6. The van der Waals surface area contributed by atoms with E-state index >= 15 is 0 Å². The van der Waals surface area contributed by atoms with E-state index in [2.05, 4.69) is 0 Å². The lowest BCUT2D eigenvalue weighted by Crippen LogP contribution is -2.30. The molecule has 0 aliphatic carbocycles. The van der Waals surface area contributed by atoms with E-state index in [1.54, 1.807) is 16.2 Å². The van der Waals surface area contributed by atoms with E-state index in [-0.39, 0.29) is 11.7 Å². The van der Waals surface area contributed by atoms with Crippen molar-refractivity contribution in [2.45, 2.75) is 20.4 Å². The SMILES string of the molecule is Cc1ccc(N(Cc2cccs2)C(=O)c2ccc(F)cc2)cc1C. The molecule has 0 radical (unpaired) electrons. The van der Waals surface area contributed by atoms with E-state index < -0.39 is 0 Å². The molecule has 2 aromatic carbocycles. The highest BCUT2D eigenvalue weighted by molar-refractivity contribution is 7.09. The first-order chi connectivity index (χ1) is 11.5. The van der Waals surface area contributed by atoms with Crippen LogP contribution in [0.3, 0.4) is 0 Å². The number of rotatable bonds is 4. The molecule has 0 spiro atoms. The van der Waals surface area contributed by atoms with Gasteiger partial charge in [0.1, 0.15) is 5.82 Å². The van der Waals surface area contributed by atoms with Crippen LogP contribution in [0.1, 0.15) is 26.4 Å². The Kier molecular flexibility index (Phi) is 4.76. The summed E-state index contributed by atoms with van der Waals surface area (Å²) in [4.78, 5) is 15.8. The molecule has 4 heteroatoms. The average molecular weight is 339 g/mol. The lowest BCUT2D eigenvalue weighted by molar-refractivity contribution is 0.0985. The van der Waals surface area contributed by atoms with Crippen LogP contribution in [0.2, 0.25) is 0 Å². The molecule has 1 aromatic heterocycles. The summed E-state index contributed by atoms with van der Waals surface area (Å²) >= 11 is 1.61. The largest absolute Gasteiger partial charge is 0.303 e. The zero-order valence-electron chi connectivity index (χ0n) is 13.6. The van der Waals surface area contributed by atoms with Gasteiger partial charge in [-0.3, -0.25) is 4.79 Å². The van der Waals surface area contributed by atoms with Crippen LogP contribution in [0, 0.1) is 19.7 Å². The molecule has 0 N–H and O–H groups in total. The van der Waals surface area contributed by atoms with E-state index in [1.165, 1.54) is 29.8 Å². The Morgan fingerprint density at radius 3 is 2.42 bits per heavy atom. The number of hydrogen-bond acceptors (Lipinski definition) is 2. The second kappa shape index (κ2) is 6.97. The summed E-state index contributed by atoms with van der Waals surface area (Å²) < 4.78 is 13.2. The topological polar surface area (TPSA) is 20.3 Å². The molecule has 24 heavy (non-hydrogen) atoms. The lowest BCUT2D eigenvalue weighted by Gasteiger charge is -2.23. The van der Waals surface area contributed by atoms with E-state index in [9.17, 15) is 9.18 Å². The summed E-state index contributed by atoms with van der Waals surface area (Å²) in [6.45, 7) is 4.57. The Morgan fingerprint density at radius 2 is 1.79 bits per heavy atom. The van der Waals surface area contributed by atoms with Gasteiger partial charge in [0.2, 0.25) is 0 Å². The number of carbonyl (C=O) groups excluding carboxylic acids is 1. The summed E-state index contributed by atoms with van der Waals surface area (Å²) in [7, 11) is 0. The molecule has 3 rings (SSSR count). The summed E-state index contributed by atoms with van der Waals surface area (Å²) in [5, 5.41) is 2.00. The molecule has 0 saturated heterocycles. The van der Waals surface area contributed by atoms with Crippen molar-refractivity contribution in [1.82, 2.24) is 0 Å². The van der Waals surface area contributed by atoms with Crippen LogP contribution in [-0.4, -0.2) is 5.91 Å². The molecule has 2 nitrogen and oxygen atoms in total. The van der Waals surface area contributed by atoms with Gasteiger partial charge in [0, 0.05) is 16.1 Å². The number of amides is 1. The number of halogens is 1. The maximum absolute atomic E-state index is 13.2. The van der Waals surface area contributed by atoms with Crippen molar-refractivity contribution in [3.8, 4) is 0 Å². The summed E-state index contributed by atoms with van der Waals surface area (Å²) in [6, 6.07) is 15.7. The van der Waals surface area contributed by atoms with Crippen molar-refractivity contribution < 1.29 is 9.18 Å². The molecule has 0 atom stereocenters. The minimum absolute atomic E-state index is 0.133. The summed E-state index contributed by atoms with van der Waals surface area (Å²) in [5.74, 6) is -0.478. The van der Waals surface area contributed by atoms with Gasteiger partial charge in [0.25, 0.3) is 5.91 Å². The van der Waals surface area contributed by atoms with Gasteiger partial charge in [0.15, 0.2) is 0 Å². The Morgan fingerprint density at radius 1 is 1.04 bits per heavy atom. The number of aryl methyl sites for hydroxylation is 2. The van der Waals surface area contributed by atoms with Crippen molar-refractivity contribution in [3.63, 3.8) is 0 Å². The smallest absolute Gasteiger partial charge is 0.258 e. The number of benzene rings is 2. The third-order valence-corrected chi connectivity index (χ3v) is 4.89. The van der Waals surface area contributed by atoms with Gasteiger partial charge < -0.3 is 4.90 Å². The molecule has 1 heterocycles. The van der Waals surface area contributed by atoms with Gasteiger partial charge in [-0.05, 0) is 72.8 Å². The van der Waals surface area contributed by atoms with E-state index in [0.29, 0.717) is 12.1 Å². The van der Waals surface area contributed by atoms with Crippen LogP contribution in [0.4, 0.5) is 10.1 Å². The first kappa shape index (κ1) is 16.4. The summed E-state index contributed by atoms with van der Waals surface area (Å²) in [5.41, 5.74) is 3.65. The van der Waals surface area contributed by atoms with Crippen LogP contribution in [0.15, 0.2) is 60.0 Å². The number of nitrogens with zero attached hydrogens (tertiary/aromatic N) is 1. The van der Waals surface area contributed by atoms with Crippen molar-refractivity contribution in [1.29, 1.82) is 0 Å². The Balaban J connectivity index is 1.98. The molecule has 0 fully saturated rings. The van der Waals surface area contributed by atoms with E-state index in [4.69, 9.17) is 0 Å². The molecule has 0 aliphatic rings. The van der Waals surface area contributed by atoms with Crippen molar-refractivity contribution in [3.05, 3.63) is 87.4 Å². The van der Waals surface area contributed by atoms with E-state index in [1.807, 2.05) is 49.6 Å².